The molecule has 1 heterocycles. The number of hydrogen-bond donors (Lipinski definition) is 1. The van der Waals surface area contributed by atoms with Crippen molar-refractivity contribution in [1.82, 2.24) is 5.32 Å². The van der Waals surface area contributed by atoms with Gasteiger partial charge in [-0.1, -0.05) is 22.0 Å². The van der Waals surface area contributed by atoms with Crippen LogP contribution in [0.25, 0.3) is 0 Å². The summed E-state index contributed by atoms with van der Waals surface area (Å²) in [4.78, 5) is 0. The highest BCUT2D eigenvalue weighted by Gasteiger charge is 2.15. The van der Waals surface area contributed by atoms with Crippen molar-refractivity contribution >= 4 is 15.9 Å². The second-order valence-electron chi connectivity index (χ2n) is 3.64. The Morgan fingerprint density at radius 3 is 2.93 bits per heavy atom. The standard InChI is InChI=1S/C11H14BrNO/c1-8-4-9(6-10(12)5-8)11-7-14-3-2-13-11/h4-6,11,13H,2-3,7H2,1H3/t11-/m0/s1. The summed E-state index contributed by atoms with van der Waals surface area (Å²) in [5, 5.41) is 3.44. The molecule has 1 aromatic rings. The number of aryl methyl sites for hydroxylation is 1. The van der Waals surface area contributed by atoms with Crippen LogP contribution < -0.4 is 5.32 Å². The van der Waals surface area contributed by atoms with Crippen molar-refractivity contribution in [3.05, 3.63) is 33.8 Å². The quantitative estimate of drug-likeness (QED) is 0.833. The fourth-order valence-corrected chi connectivity index (χ4v) is 2.37. The van der Waals surface area contributed by atoms with Crippen LogP contribution in [0.15, 0.2) is 22.7 Å². The molecule has 0 unspecified atom stereocenters. The molecule has 1 aliphatic rings. The van der Waals surface area contributed by atoms with Gasteiger partial charge < -0.3 is 10.1 Å². The van der Waals surface area contributed by atoms with Gasteiger partial charge in [0.15, 0.2) is 0 Å². The number of ether oxygens (including phenoxy) is 1. The van der Waals surface area contributed by atoms with E-state index in [4.69, 9.17) is 4.74 Å². The Morgan fingerprint density at radius 2 is 2.29 bits per heavy atom. The van der Waals surface area contributed by atoms with Gasteiger partial charge in [0.2, 0.25) is 0 Å². The van der Waals surface area contributed by atoms with Crippen LogP contribution >= 0.6 is 15.9 Å². The van der Waals surface area contributed by atoms with E-state index < -0.39 is 0 Å². The molecule has 1 aliphatic heterocycles. The van der Waals surface area contributed by atoms with Crippen molar-refractivity contribution in [3.63, 3.8) is 0 Å². The first-order valence-corrected chi connectivity index (χ1v) is 5.63. The number of nitrogens with one attached hydrogen (secondary N) is 1. The Labute approximate surface area is 92.8 Å². The molecule has 1 aromatic carbocycles. The first-order valence-electron chi connectivity index (χ1n) is 4.84. The SMILES string of the molecule is Cc1cc(Br)cc([C@@H]2COCCN2)c1. The smallest absolute Gasteiger partial charge is 0.0662 e. The van der Waals surface area contributed by atoms with Crippen molar-refractivity contribution in [2.75, 3.05) is 19.8 Å². The molecule has 76 valence electrons. The minimum Gasteiger partial charge on any atom is -0.378 e. The Balaban J connectivity index is 2.21. The molecule has 0 amide bonds. The Morgan fingerprint density at radius 1 is 1.43 bits per heavy atom. The van der Waals surface area contributed by atoms with E-state index >= 15 is 0 Å². The zero-order chi connectivity index (χ0) is 9.97. The fourth-order valence-electron chi connectivity index (χ4n) is 1.75. The summed E-state index contributed by atoms with van der Waals surface area (Å²) < 4.78 is 6.58. The molecule has 0 radical (unpaired) electrons. The van der Waals surface area contributed by atoms with Crippen LogP contribution in [0.1, 0.15) is 17.2 Å². The highest BCUT2D eigenvalue weighted by molar-refractivity contribution is 9.10. The van der Waals surface area contributed by atoms with Gasteiger partial charge in [-0.05, 0) is 30.2 Å². The van der Waals surface area contributed by atoms with Crippen molar-refractivity contribution in [2.24, 2.45) is 0 Å². The average molecular weight is 256 g/mol. The molecule has 1 saturated heterocycles. The highest BCUT2D eigenvalue weighted by Crippen LogP contribution is 2.22. The monoisotopic (exact) mass is 255 g/mol. The van der Waals surface area contributed by atoms with Crippen LogP contribution in [0.4, 0.5) is 0 Å². The molecule has 1 N–H and O–H groups in total. The van der Waals surface area contributed by atoms with Gasteiger partial charge in [0, 0.05) is 11.0 Å². The second kappa shape index (κ2) is 4.43. The summed E-state index contributed by atoms with van der Waals surface area (Å²) in [5.41, 5.74) is 2.58. The van der Waals surface area contributed by atoms with Crippen molar-refractivity contribution in [2.45, 2.75) is 13.0 Å². The van der Waals surface area contributed by atoms with Gasteiger partial charge in [0.1, 0.15) is 0 Å². The maximum atomic E-state index is 5.44. The summed E-state index contributed by atoms with van der Waals surface area (Å²) in [6, 6.07) is 6.82. The van der Waals surface area contributed by atoms with Gasteiger partial charge in [-0.3, -0.25) is 0 Å². The maximum Gasteiger partial charge on any atom is 0.0662 e. The van der Waals surface area contributed by atoms with Crippen molar-refractivity contribution < 1.29 is 4.74 Å². The van der Waals surface area contributed by atoms with E-state index in [1.807, 2.05) is 0 Å². The molecular formula is C11H14BrNO. The van der Waals surface area contributed by atoms with Crippen LogP contribution in [0.2, 0.25) is 0 Å². The van der Waals surface area contributed by atoms with Gasteiger partial charge in [-0.25, -0.2) is 0 Å². The third kappa shape index (κ3) is 2.35. The normalized spacial score (nSPS) is 22.3. The van der Waals surface area contributed by atoms with E-state index in [-0.39, 0.29) is 0 Å². The van der Waals surface area contributed by atoms with E-state index in [2.05, 4.69) is 46.4 Å². The van der Waals surface area contributed by atoms with Crippen molar-refractivity contribution in [1.29, 1.82) is 0 Å². The van der Waals surface area contributed by atoms with Gasteiger partial charge in [0.25, 0.3) is 0 Å². The van der Waals surface area contributed by atoms with Crippen LogP contribution in [-0.4, -0.2) is 19.8 Å². The molecule has 1 fully saturated rings. The molecule has 2 rings (SSSR count). The lowest BCUT2D eigenvalue weighted by atomic mass is 10.0. The van der Waals surface area contributed by atoms with Gasteiger partial charge in [-0.15, -0.1) is 0 Å². The Kier molecular flexibility index (Phi) is 3.21. The molecule has 1 atom stereocenters. The maximum absolute atomic E-state index is 5.44. The predicted molar refractivity (Wildman–Crippen MR) is 60.4 cm³/mol. The minimum atomic E-state index is 0.347. The zero-order valence-electron chi connectivity index (χ0n) is 8.22. The van der Waals surface area contributed by atoms with Crippen LogP contribution in [0, 0.1) is 6.92 Å². The summed E-state index contributed by atoms with van der Waals surface area (Å²) in [7, 11) is 0. The lowest BCUT2D eigenvalue weighted by molar-refractivity contribution is 0.0768. The molecule has 14 heavy (non-hydrogen) atoms. The number of benzene rings is 1. The molecule has 0 spiro atoms. The van der Waals surface area contributed by atoms with E-state index in [0.717, 1.165) is 24.2 Å². The number of halogens is 1. The summed E-state index contributed by atoms with van der Waals surface area (Å²) >= 11 is 3.51. The van der Waals surface area contributed by atoms with Crippen LogP contribution in [0.5, 0.6) is 0 Å². The molecular weight excluding hydrogens is 242 g/mol. The first kappa shape index (κ1) is 10.1. The molecule has 0 aromatic heterocycles. The van der Waals surface area contributed by atoms with E-state index in [9.17, 15) is 0 Å². The van der Waals surface area contributed by atoms with E-state index in [0.29, 0.717) is 6.04 Å². The largest absolute Gasteiger partial charge is 0.378 e. The Hall–Kier alpha value is -0.380. The second-order valence-corrected chi connectivity index (χ2v) is 4.56. The minimum absolute atomic E-state index is 0.347. The molecule has 3 heteroatoms. The van der Waals surface area contributed by atoms with Crippen LogP contribution in [-0.2, 0) is 4.74 Å². The van der Waals surface area contributed by atoms with Gasteiger partial charge >= 0.3 is 0 Å². The third-order valence-corrected chi connectivity index (χ3v) is 2.85. The number of hydrogen-bond acceptors (Lipinski definition) is 2. The van der Waals surface area contributed by atoms with E-state index in [1.54, 1.807) is 0 Å². The number of rotatable bonds is 1. The topological polar surface area (TPSA) is 21.3 Å². The highest BCUT2D eigenvalue weighted by atomic mass is 79.9. The van der Waals surface area contributed by atoms with E-state index in [1.165, 1.54) is 11.1 Å². The molecule has 0 saturated carbocycles. The predicted octanol–water partition coefficient (Wildman–Crippen LogP) is 2.42. The Bertz CT molecular complexity index is 301. The lowest BCUT2D eigenvalue weighted by Gasteiger charge is -2.24. The molecule has 0 aliphatic carbocycles. The summed E-state index contributed by atoms with van der Waals surface area (Å²) in [5.74, 6) is 0. The zero-order valence-corrected chi connectivity index (χ0v) is 9.80. The fraction of sp³-hybridized carbons (Fsp3) is 0.455. The molecule has 0 bridgehead atoms. The van der Waals surface area contributed by atoms with Gasteiger partial charge in [0.05, 0.1) is 19.3 Å². The summed E-state index contributed by atoms with van der Waals surface area (Å²) in [6.07, 6.45) is 0. The van der Waals surface area contributed by atoms with Crippen molar-refractivity contribution in [3.8, 4) is 0 Å². The third-order valence-electron chi connectivity index (χ3n) is 2.39. The average Bonchev–Trinajstić information content (AvgIpc) is 2.18. The number of morpholine rings is 1. The summed E-state index contributed by atoms with van der Waals surface area (Å²) in [6.45, 7) is 4.65. The van der Waals surface area contributed by atoms with Gasteiger partial charge in [-0.2, -0.15) is 0 Å². The first-order chi connectivity index (χ1) is 6.75. The van der Waals surface area contributed by atoms with Crippen LogP contribution in [0.3, 0.4) is 0 Å². The lowest BCUT2D eigenvalue weighted by Crippen LogP contribution is -2.34. The molecule has 2 nitrogen and oxygen atoms in total.